The zero-order chi connectivity index (χ0) is 36.4. The van der Waals surface area contributed by atoms with Crippen molar-refractivity contribution in [2.75, 3.05) is 14.2 Å². The Hall–Kier alpha value is -4.55. The SMILES string of the molecule is COc1ccc(C=CC=Cc2sc(C)c(C3=C(C4=C(C)S(=O)(=O)c5cc(-c6ccc(OC)cc6)ccc54)C(F)(F)C(F)(F)C3(F)F)c2C)cc1. The van der Waals surface area contributed by atoms with Gasteiger partial charge in [0.1, 0.15) is 11.5 Å². The maximum absolute atomic E-state index is 16.0. The third kappa shape index (κ3) is 5.31. The van der Waals surface area contributed by atoms with Crippen LogP contribution in [0.3, 0.4) is 0 Å². The highest BCUT2D eigenvalue weighted by Crippen LogP contribution is 2.67. The van der Waals surface area contributed by atoms with Crippen LogP contribution in [0.15, 0.2) is 94.3 Å². The summed E-state index contributed by atoms with van der Waals surface area (Å²) in [7, 11) is -1.51. The normalized spacial score (nSPS) is 18.8. The van der Waals surface area contributed by atoms with Crippen LogP contribution in [0.1, 0.15) is 38.9 Å². The molecule has 0 fully saturated rings. The molecule has 0 bridgehead atoms. The van der Waals surface area contributed by atoms with Crippen molar-refractivity contribution in [3.05, 3.63) is 121 Å². The van der Waals surface area contributed by atoms with E-state index >= 15 is 26.3 Å². The number of alkyl halides is 6. The van der Waals surface area contributed by atoms with E-state index in [4.69, 9.17) is 9.47 Å². The van der Waals surface area contributed by atoms with Crippen molar-refractivity contribution in [2.45, 2.75) is 43.4 Å². The van der Waals surface area contributed by atoms with E-state index in [1.165, 1.54) is 39.2 Å². The minimum atomic E-state index is -5.86. The molecule has 0 unspecified atom stereocenters. The van der Waals surface area contributed by atoms with Crippen LogP contribution in [-0.4, -0.2) is 40.4 Å². The summed E-state index contributed by atoms with van der Waals surface area (Å²) in [5.41, 5.74) is -3.07. The van der Waals surface area contributed by atoms with E-state index < -0.39 is 59.7 Å². The van der Waals surface area contributed by atoms with Gasteiger partial charge in [-0.15, -0.1) is 11.3 Å². The van der Waals surface area contributed by atoms with Crippen LogP contribution in [-0.2, 0) is 9.84 Å². The van der Waals surface area contributed by atoms with E-state index in [1.54, 1.807) is 67.8 Å². The summed E-state index contributed by atoms with van der Waals surface area (Å²) >= 11 is 0.975. The minimum Gasteiger partial charge on any atom is -0.497 e. The summed E-state index contributed by atoms with van der Waals surface area (Å²) in [6.07, 6.45) is 6.64. The van der Waals surface area contributed by atoms with Crippen molar-refractivity contribution in [3.8, 4) is 22.6 Å². The van der Waals surface area contributed by atoms with Gasteiger partial charge in [0.05, 0.1) is 24.0 Å². The molecule has 2 heterocycles. The van der Waals surface area contributed by atoms with E-state index in [9.17, 15) is 8.42 Å². The Morgan fingerprint density at radius 3 is 1.84 bits per heavy atom. The van der Waals surface area contributed by atoms with Crippen molar-refractivity contribution in [1.29, 1.82) is 0 Å². The Labute approximate surface area is 289 Å². The van der Waals surface area contributed by atoms with E-state index in [1.807, 2.05) is 12.1 Å². The maximum atomic E-state index is 16.0. The second-order valence-corrected chi connectivity index (χ2v) is 15.2. The van der Waals surface area contributed by atoms with E-state index in [0.29, 0.717) is 27.5 Å². The standard InChI is InChI=1S/C38H30F6O4S2/c1-21-30(9-7-6-8-24-10-15-27(47-4)16-11-24)49-22(2)32(21)34-35(37(41,42)38(43,44)36(34,39)40)33-23(3)50(45,46)31-20-26(14-19-29(31)33)25-12-17-28(48-5)18-13-25/h6-20H,1-5H3. The molecule has 50 heavy (non-hydrogen) atoms. The predicted octanol–water partition coefficient (Wildman–Crippen LogP) is 10.7. The molecule has 3 aromatic carbocycles. The molecule has 4 aromatic rings. The fraction of sp³-hybridized carbons (Fsp3) is 0.211. The molecule has 4 nitrogen and oxygen atoms in total. The molecule has 1 aromatic heterocycles. The van der Waals surface area contributed by atoms with Crippen LogP contribution < -0.4 is 9.47 Å². The number of ether oxygens (including phenoxy) is 2. The first-order chi connectivity index (χ1) is 23.5. The number of aryl methyl sites for hydroxylation is 1. The molecule has 2 aliphatic rings. The number of benzene rings is 3. The summed E-state index contributed by atoms with van der Waals surface area (Å²) in [6, 6.07) is 17.6. The molecule has 0 saturated carbocycles. The van der Waals surface area contributed by atoms with Gasteiger partial charge in [0.25, 0.3) is 0 Å². The summed E-state index contributed by atoms with van der Waals surface area (Å²) in [5.74, 6) is -15.4. The first kappa shape index (κ1) is 35.3. The maximum Gasteiger partial charge on any atom is 0.380 e. The van der Waals surface area contributed by atoms with Gasteiger partial charge in [0, 0.05) is 37.6 Å². The number of methoxy groups -OCH3 is 2. The fourth-order valence-electron chi connectivity index (χ4n) is 6.33. The number of fused-ring (bicyclic) bond motifs is 1. The van der Waals surface area contributed by atoms with Gasteiger partial charge in [-0.25, -0.2) is 8.42 Å². The number of hydrogen-bond acceptors (Lipinski definition) is 5. The lowest BCUT2D eigenvalue weighted by atomic mass is 9.88. The van der Waals surface area contributed by atoms with Crippen LogP contribution in [0.4, 0.5) is 26.3 Å². The second kappa shape index (κ2) is 12.3. The molecule has 1 aliphatic heterocycles. The Bertz CT molecular complexity index is 2240. The molecule has 1 aliphatic carbocycles. The highest BCUT2D eigenvalue weighted by Gasteiger charge is 2.81. The molecule has 0 spiro atoms. The molecule has 12 heteroatoms. The van der Waals surface area contributed by atoms with Crippen LogP contribution in [0.25, 0.3) is 34.4 Å². The van der Waals surface area contributed by atoms with Crippen molar-refractivity contribution < 1.29 is 44.2 Å². The largest absolute Gasteiger partial charge is 0.497 e. The number of halogens is 6. The van der Waals surface area contributed by atoms with Gasteiger partial charge in [-0.05, 0) is 79.4 Å². The van der Waals surface area contributed by atoms with Crippen LogP contribution in [0, 0.1) is 13.8 Å². The molecular formula is C38H30F6O4S2. The fourth-order valence-corrected chi connectivity index (χ4v) is 8.97. The van der Waals surface area contributed by atoms with Gasteiger partial charge in [-0.3, -0.25) is 0 Å². The zero-order valence-corrected chi connectivity index (χ0v) is 29.0. The number of hydrogen-bond donors (Lipinski definition) is 0. The summed E-state index contributed by atoms with van der Waals surface area (Å²) in [4.78, 5) is -0.677. The second-order valence-electron chi connectivity index (χ2n) is 11.9. The highest BCUT2D eigenvalue weighted by molar-refractivity contribution is 7.95. The molecule has 0 saturated heterocycles. The topological polar surface area (TPSA) is 52.6 Å². The molecule has 6 rings (SSSR count). The minimum absolute atomic E-state index is 0.0801. The number of allylic oxidation sites excluding steroid dienone is 6. The first-order valence-corrected chi connectivity index (χ1v) is 17.5. The molecule has 0 N–H and O–H groups in total. The Balaban J connectivity index is 1.50. The van der Waals surface area contributed by atoms with E-state index in [2.05, 4.69) is 0 Å². The van der Waals surface area contributed by atoms with Gasteiger partial charge in [-0.2, -0.15) is 26.3 Å². The smallest absolute Gasteiger partial charge is 0.380 e. The average molecular weight is 729 g/mol. The van der Waals surface area contributed by atoms with E-state index in [-0.39, 0.29) is 16.0 Å². The average Bonchev–Trinajstić information content (AvgIpc) is 3.51. The van der Waals surface area contributed by atoms with Gasteiger partial charge in [0.2, 0.25) is 9.84 Å². The third-order valence-electron chi connectivity index (χ3n) is 9.01. The lowest BCUT2D eigenvalue weighted by Gasteiger charge is -2.26. The van der Waals surface area contributed by atoms with Crippen LogP contribution in [0.2, 0.25) is 0 Å². The lowest BCUT2D eigenvalue weighted by Crippen LogP contribution is -2.49. The van der Waals surface area contributed by atoms with Gasteiger partial charge in [-0.1, -0.05) is 54.6 Å². The quantitative estimate of drug-likeness (QED) is 0.134. The first-order valence-electron chi connectivity index (χ1n) is 15.2. The molecule has 0 atom stereocenters. The Kier molecular flexibility index (Phi) is 8.71. The monoisotopic (exact) mass is 728 g/mol. The van der Waals surface area contributed by atoms with Crippen molar-refractivity contribution >= 4 is 44.5 Å². The summed E-state index contributed by atoms with van der Waals surface area (Å²) in [6.45, 7) is 3.75. The molecular weight excluding hydrogens is 699 g/mol. The van der Waals surface area contributed by atoms with Gasteiger partial charge in [0.15, 0.2) is 0 Å². The summed E-state index contributed by atoms with van der Waals surface area (Å²) in [5, 5.41) is 0. The van der Waals surface area contributed by atoms with Crippen molar-refractivity contribution in [1.82, 2.24) is 0 Å². The van der Waals surface area contributed by atoms with Gasteiger partial charge >= 0.3 is 17.8 Å². The van der Waals surface area contributed by atoms with Crippen LogP contribution in [0.5, 0.6) is 11.5 Å². The lowest BCUT2D eigenvalue weighted by molar-refractivity contribution is -0.258. The predicted molar refractivity (Wildman–Crippen MR) is 185 cm³/mol. The number of rotatable bonds is 8. The van der Waals surface area contributed by atoms with E-state index in [0.717, 1.165) is 23.8 Å². The van der Waals surface area contributed by atoms with Crippen LogP contribution >= 0.6 is 11.3 Å². The zero-order valence-electron chi connectivity index (χ0n) is 27.4. The third-order valence-corrected chi connectivity index (χ3v) is 12.1. The van der Waals surface area contributed by atoms with Crippen molar-refractivity contribution in [3.63, 3.8) is 0 Å². The van der Waals surface area contributed by atoms with Crippen molar-refractivity contribution in [2.24, 2.45) is 0 Å². The Morgan fingerprint density at radius 2 is 1.24 bits per heavy atom. The Morgan fingerprint density at radius 1 is 0.700 bits per heavy atom. The number of thiophene rings is 1. The molecule has 0 radical (unpaired) electrons. The number of sulfone groups is 1. The molecule has 0 amide bonds. The van der Waals surface area contributed by atoms with Gasteiger partial charge < -0.3 is 9.47 Å². The molecule has 260 valence electrons. The summed E-state index contributed by atoms with van der Waals surface area (Å²) < 4.78 is 132. The highest BCUT2D eigenvalue weighted by atomic mass is 32.2.